The van der Waals surface area contributed by atoms with Crippen LogP contribution in [-0.4, -0.2) is 34.9 Å². The van der Waals surface area contributed by atoms with Crippen LogP contribution >= 0.6 is 0 Å². The second-order valence-electron chi connectivity index (χ2n) is 13.9. The molecule has 0 amide bonds. The Morgan fingerprint density at radius 1 is 0.467 bits per heavy atom. The molecule has 7 rings (SSSR count). The van der Waals surface area contributed by atoms with E-state index < -0.39 is 11.9 Å². The van der Waals surface area contributed by atoms with Gasteiger partial charge in [0.05, 0.1) is 39.9 Å². The van der Waals surface area contributed by atoms with E-state index in [9.17, 15) is 19.2 Å². The minimum absolute atomic E-state index is 0.112. The first-order valence-corrected chi connectivity index (χ1v) is 19.1. The second kappa shape index (κ2) is 18.1. The van der Waals surface area contributed by atoms with E-state index in [4.69, 9.17) is 19.5 Å². The molecular formula is C50H40N4O6. The van der Waals surface area contributed by atoms with Crippen molar-refractivity contribution in [3.63, 3.8) is 0 Å². The van der Waals surface area contributed by atoms with Crippen molar-refractivity contribution < 1.29 is 28.7 Å². The quantitative estimate of drug-likeness (QED) is 0.0883. The number of para-hydroxylation sites is 4. The molecule has 0 spiro atoms. The molecule has 296 valence electrons. The van der Waals surface area contributed by atoms with E-state index in [1.807, 2.05) is 97.1 Å². The number of nitrogens with zero attached hydrogens (tertiary/aromatic N) is 2. The number of rotatable bonds is 8. The van der Waals surface area contributed by atoms with Crippen molar-refractivity contribution in [1.82, 2.24) is 0 Å². The maximum atomic E-state index is 14.6. The van der Waals surface area contributed by atoms with Crippen LogP contribution < -0.4 is 20.1 Å². The van der Waals surface area contributed by atoms with E-state index >= 15 is 0 Å². The van der Waals surface area contributed by atoms with Crippen molar-refractivity contribution in [1.29, 1.82) is 0 Å². The normalized spacial score (nSPS) is 15.3. The van der Waals surface area contributed by atoms with Gasteiger partial charge >= 0.3 is 11.9 Å². The molecule has 10 nitrogen and oxygen atoms in total. The van der Waals surface area contributed by atoms with Crippen LogP contribution in [0.5, 0.6) is 11.5 Å². The summed E-state index contributed by atoms with van der Waals surface area (Å²) in [6.07, 6.45) is 0. The molecule has 0 aromatic heterocycles. The third-order valence-electron chi connectivity index (χ3n) is 9.59. The molecule has 1 aliphatic rings. The summed E-state index contributed by atoms with van der Waals surface area (Å²) in [5.41, 5.74) is 5.85. The van der Waals surface area contributed by atoms with Crippen molar-refractivity contribution in [2.24, 2.45) is 9.98 Å². The highest BCUT2D eigenvalue weighted by molar-refractivity contribution is 6.29. The fourth-order valence-corrected chi connectivity index (χ4v) is 6.54. The Morgan fingerprint density at radius 3 is 1.42 bits per heavy atom. The number of fused-ring (bicyclic) bond motifs is 2. The van der Waals surface area contributed by atoms with Crippen molar-refractivity contribution in [2.75, 3.05) is 10.6 Å². The highest BCUT2D eigenvalue weighted by atomic mass is 16.5. The van der Waals surface area contributed by atoms with E-state index in [0.717, 1.165) is 0 Å². The first-order chi connectivity index (χ1) is 29.0. The van der Waals surface area contributed by atoms with Crippen LogP contribution in [0.2, 0.25) is 0 Å². The Bertz CT molecular complexity index is 2730. The molecule has 0 unspecified atom stereocenters. The minimum atomic E-state index is -0.695. The molecule has 0 bridgehead atoms. The molecule has 0 saturated carbocycles. The Labute approximate surface area is 347 Å². The Morgan fingerprint density at radius 2 is 0.900 bits per heavy atom. The second-order valence-corrected chi connectivity index (χ2v) is 13.9. The van der Waals surface area contributed by atoms with Crippen LogP contribution in [0.15, 0.2) is 185 Å². The zero-order valence-corrected chi connectivity index (χ0v) is 33.4. The maximum Gasteiger partial charge on any atom is 0.347 e. The van der Waals surface area contributed by atoms with Gasteiger partial charge in [0.15, 0.2) is 11.6 Å². The molecule has 6 aromatic rings. The fourth-order valence-electron chi connectivity index (χ4n) is 6.54. The molecule has 1 heterocycles. The van der Waals surface area contributed by atoms with Crippen LogP contribution in [0, 0.1) is 0 Å². The van der Waals surface area contributed by atoms with Gasteiger partial charge in [0.25, 0.3) is 0 Å². The van der Waals surface area contributed by atoms with Crippen molar-refractivity contribution in [3.05, 3.63) is 197 Å². The number of nitrogens with one attached hydrogen (secondary N) is 2. The number of anilines is 2. The summed E-state index contributed by atoms with van der Waals surface area (Å²) in [6, 6.07) is 45.9. The van der Waals surface area contributed by atoms with Gasteiger partial charge in [-0.05, 0) is 106 Å². The van der Waals surface area contributed by atoms with E-state index in [0.29, 0.717) is 67.8 Å². The summed E-state index contributed by atoms with van der Waals surface area (Å²) in [7, 11) is 0. The van der Waals surface area contributed by atoms with E-state index in [1.54, 1.807) is 74.5 Å². The van der Waals surface area contributed by atoms with Crippen LogP contribution in [0.4, 0.5) is 22.7 Å². The van der Waals surface area contributed by atoms with Gasteiger partial charge in [-0.25, -0.2) is 14.6 Å². The Hall–Kier alpha value is -7.98. The van der Waals surface area contributed by atoms with E-state index in [1.165, 1.54) is 13.8 Å². The number of carbonyl (C=O) groups is 4. The van der Waals surface area contributed by atoms with Gasteiger partial charge in [-0.1, -0.05) is 84.9 Å². The lowest BCUT2D eigenvalue weighted by molar-refractivity contribution is -0.130. The SMILES string of the molecule is CC(=O)c1ccc(OC(=O)/C2=C(/C)Nc3ccccc3N=C(C)/C(C(=O)Oc3ccc(C(C)=O)cc3)=C(\c3ccccc3)Nc3ccccc3N=C2c2ccccc2)cc1. The van der Waals surface area contributed by atoms with Crippen molar-refractivity contribution >= 4 is 63.4 Å². The molecule has 0 aliphatic carbocycles. The largest absolute Gasteiger partial charge is 0.423 e. The number of allylic oxidation sites excluding steroid dienone is 1. The van der Waals surface area contributed by atoms with Crippen molar-refractivity contribution in [3.8, 4) is 11.5 Å². The van der Waals surface area contributed by atoms with Gasteiger partial charge < -0.3 is 20.1 Å². The summed E-state index contributed by atoms with van der Waals surface area (Å²) in [4.78, 5) is 63.3. The minimum Gasteiger partial charge on any atom is -0.423 e. The van der Waals surface area contributed by atoms with Crippen LogP contribution in [0.3, 0.4) is 0 Å². The number of aliphatic imine (C=N–C) groups is 2. The maximum absolute atomic E-state index is 14.6. The summed E-state index contributed by atoms with van der Waals surface area (Å²) >= 11 is 0. The van der Waals surface area contributed by atoms with Gasteiger partial charge in [-0.3, -0.25) is 14.6 Å². The van der Waals surface area contributed by atoms with Crippen LogP contribution in [0.25, 0.3) is 5.70 Å². The lowest BCUT2D eigenvalue weighted by Crippen LogP contribution is -2.23. The third kappa shape index (κ3) is 9.25. The molecule has 0 radical (unpaired) electrons. The highest BCUT2D eigenvalue weighted by Gasteiger charge is 2.27. The summed E-state index contributed by atoms with van der Waals surface area (Å²) in [6.45, 7) is 6.42. The molecule has 6 aromatic carbocycles. The Balaban J connectivity index is 1.47. The zero-order chi connectivity index (χ0) is 42.2. The van der Waals surface area contributed by atoms with Crippen LogP contribution in [-0.2, 0) is 9.59 Å². The van der Waals surface area contributed by atoms with E-state index in [2.05, 4.69) is 10.6 Å². The first-order valence-electron chi connectivity index (χ1n) is 19.1. The van der Waals surface area contributed by atoms with Crippen molar-refractivity contribution in [2.45, 2.75) is 27.7 Å². The van der Waals surface area contributed by atoms with Gasteiger partial charge in [-0.15, -0.1) is 0 Å². The monoisotopic (exact) mass is 792 g/mol. The molecule has 0 saturated heterocycles. The lowest BCUT2D eigenvalue weighted by atomic mass is 9.99. The first kappa shape index (κ1) is 40.2. The van der Waals surface area contributed by atoms with Crippen LogP contribution in [0.1, 0.15) is 59.5 Å². The zero-order valence-electron chi connectivity index (χ0n) is 33.4. The topological polar surface area (TPSA) is 136 Å². The van der Waals surface area contributed by atoms with Gasteiger partial charge in [0.2, 0.25) is 0 Å². The molecule has 1 aliphatic heterocycles. The molecule has 60 heavy (non-hydrogen) atoms. The number of esters is 2. The number of Topliss-reactive ketones (excluding diaryl/α,β-unsaturated/α-hetero) is 2. The summed E-state index contributed by atoms with van der Waals surface area (Å²) < 4.78 is 12.0. The average molecular weight is 793 g/mol. The number of carbonyl (C=O) groups excluding carboxylic acids is 4. The number of ether oxygens (including phenoxy) is 2. The van der Waals surface area contributed by atoms with Gasteiger partial charge in [-0.2, -0.15) is 0 Å². The number of ketones is 2. The number of hydrogen-bond donors (Lipinski definition) is 2. The molecule has 10 heteroatoms. The summed E-state index contributed by atoms with van der Waals surface area (Å²) in [5, 5.41) is 6.93. The molecular weight excluding hydrogens is 753 g/mol. The standard InChI is InChI=1S/C50H40N4O6/c1-31-45(49(57)59-39-27-23-35(24-28-39)33(3)55)47(37-15-7-5-8-16-37)53-43-21-13-14-22-44(43)54-48(38-17-9-6-10-18-38)46(32(2)52-42-20-12-11-19-41(42)51-31)50(58)60-40-29-25-36(26-30-40)34(4)56/h5-30,51,54H,1-4H3/b45-31-,48-46-,52-32?,53-47?. The Kier molecular flexibility index (Phi) is 12.1. The molecule has 0 fully saturated rings. The predicted octanol–water partition coefficient (Wildman–Crippen LogP) is 10.7. The number of hydrogen-bond acceptors (Lipinski definition) is 10. The average Bonchev–Trinajstić information content (AvgIpc) is 3.25. The molecule has 2 N–H and O–H groups in total. The fraction of sp³-hybridized carbons (Fsp3) is 0.0800. The number of benzene rings is 6. The highest BCUT2D eigenvalue weighted by Crippen LogP contribution is 2.35. The lowest BCUT2D eigenvalue weighted by Gasteiger charge is -2.21. The van der Waals surface area contributed by atoms with Gasteiger partial charge in [0, 0.05) is 22.4 Å². The predicted molar refractivity (Wildman–Crippen MR) is 236 cm³/mol. The summed E-state index contributed by atoms with van der Waals surface area (Å²) in [5.74, 6) is -1.13. The van der Waals surface area contributed by atoms with E-state index in [-0.39, 0.29) is 34.2 Å². The third-order valence-corrected chi connectivity index (χ3v) is 9.59. The smallest absolute Gasteiger partial charge is 0.347 e. The van der Waals surface area contributed by atoms with Gasteiger partial charge in [0.1, 0.15) is 22.6 Å². The molecule has 0 atom stereocenters.